The van der Waals surface area contributed by atoms with E-state index in [4.69, 9.17) is 4.42 Å². The van der Waals surface area contributed by atoms with Gasteiger partial charge in [-0.3, -0.25) is 0 Å². The van der Waals surface area contributed by atoms with Gasteiger partial charge in [0.1, 0.15) is 0 Å². The Morgan fingerprint density at radius 3 is 2.48 bits per heavy atom. The molecule has 5 nitrogen and oxygen atoms in total. The highest BCUT2D eigenvalue weighted by Crippen LogP contribution is 2.18. The topological polar surface area (TPSA) is 63.0 Å². The minimum absolute atomic E-state index is 0.127. The van der Waals surface area contributed by atoms with Crippen LogP contribution in [0.1, 0.15) is 43.8 Å². The molecule has 0 aliphatic rings. The van der Waals surface area contributed by atoms with Crippen LogP contribution in [0.5, 0.6) is 0 Å². The van der Waals surface area contributed by atoms with Crippen molar-refractivity contribution in [1.29, 1.82) is 0 Å². The van der Waals surface area contributed by atoms with Crippen molar-refractivity contribution in [2.45, 2.75) is 40.3 Å². The maximum Gasteiger partial charge on any atom is 0.315 e. The van der Waals surface area contributed by atoms with Crippen molar-refractivity contribution >= 4 is 6.01 Å². The quantitative estimate of drug-likeness (QED) is 0.818. The Morgan fingerprint density at radius 2 is 1.81 bits per heavy atom. The van der Waals surface area contributed by atoms with Crippen molar-refractivity contribution < 1.29 is 4.42 Å². The Hall–Kier alpha value is -1.88. The van der Waals surface area contributed by atoms with Crippen LogP contribution in [0.3, 0.4) is 0 Å². The zero-order chi connectivity index (χ0) is 15.2. The fraction of sp³-hybridized carbons (Fsp3) is 0.500. The normalized spacial score (nSPS) is 12.6. The zero-order valence-electron chi connectivity index (χ0n) is 13.2. The molecule has 0 bridgehead atoms. The molecule has 1 atom stereocenters. The number of nitrogens with one attached hydrogen (secondary N) is 2. The van der Waals surface area contributed by atoms with E-state index in [2.05, 4.69) is 72.8 Å². The molecule has 0 saturated heterocycles. The van der Waals surface area contributed by atoms with E-state index in [1.54, 1.807) is 0 Å². The predicted molar refractivity (Wildman–Crippen MR) is 84.1 cm³/mol. The number of hydrogen-bond acceptors (Lipinski definition) is 5. The van der Waals surface area contributed by atoms with Gasteiger partial charge in [0.2, 0.25) is 5.89 Å². The zero-order valence-corrected chi connectivity index (χ0v) is 13.2. The average Bonchev–Trinajstić information content (AvgIpc) is 2.86. The number of aryl methyl sites for hydroxylation is 1. The van der Waals surface area contributed by atoms with E-state index in [9.17, 15) is 0 Å². The molecule has 0 fully saturated rings. The van der Waals surface area contributed by atoms with Crippen molar-refractivity contribution in [2.75, 3.05) is 11.9 Å². The van der Waals surface area contributed by atoms with Crippen molar-refractivity contribution in [3.05, 3.63) is 41.3 Å². The van der Waals surface area contributed by atoms with Crippen LogP contribution in [0.15, 0.2) is 28.7 Å². The molecule has 114 valence electrons. The minimum atomic E-state index is 0.127. The molecule has 1 unspecified atom stereocenters. The number of benzene rings is 1. The minimum Gasteiger partial charge on any atom is -0.407 e. The summed E-state index contributed by atoms with van der Waals surface area (Å²) in [6.07, 6.45) is 0. The molecule has 1 aromatic heterocycles. The van der Waals surface area contributed by atoms with E-state index in [1.165, 1.54) is 11.1 Å². The summed E-state index contributed by atoms with van der Waals surface area (Å²) in [6.45, 7) is 10.0. The number of hydrogen-bond donors (Lipinski definition) is 2. The van der Waals surface area contributed by atoms with Gasteiger partial charge < -0.3 is 15.1 Å². The molecule has 2 rings (SSSR count). The second-order valence-corrected chi connectivity index (χ2v) is 5.80. The lowest BCUT2D eigenvalue weighted by Crippen LogP contribution is -2.19. The second kappa shape index (κ2) is 7.22. The number of anilines is 1. The van der Waals surface area contributed by atoms with Crippen LogP contribution in [0.2, 0.25) is 0 Å². The molecule has 1 heterocycles. The van der Waals surface area contributed by atoms with E-state index in [-0.39, 0.29) is 6.04 Å². The largest absolute Gasteiger partial charge is 0.407 e. The molecule has 0 radical (unpaired) electrons. The van der Waals surface area contributed by atoms with E-state index in [1.807, 2.05) is 0 Å². The molecule has 1 aromatic carbocycles. The van der Waals surface area contributed by atoms with E-state index in [0.29, 0.717) is 24.4 Å². The van der Waals surface area contributed by atoms with Gasteiger partial charge in [-0.05, 0) is 31.9 Å². The van der Waals surface area contributed by atoms with Crippen molar-refractivity contribution in [2.24, 2.45) is 5.92 Å². The maximum atomic E-state index is 5.59. The molecule has 0 spiro atoms. The van der Waals surface area contributed by atoms with Gasteiger partial charge in [-0.25, -0.2) is 0 Å². The van der Waals surface area contributed by atoms with Gasteiger partial charge in [0.15, 0.2) is 0 Å². The number of aromatic nitrogens is 2. The summed E-state index contributed by atoms with van der Waals surface area (Å²) in [5.74, 6) is 1.21. The SMILES string of the molecule is Cc1ccc(C(C)Nc2nnc(CNCC(C)C)o2)cc1. The van der Waals surface area contributed by atoms with E-state index >= 15 is 0 Å². The average molecular weight is 288 g/mol. The smallest absolute Gasteiger partial charge is 0.315 e. The Labute approximate surface area is 126 Å². The Bertz CT molecular complexity index is 548. The van der Waals surface area contributed by atoms with Gasteiger partial charge >= 0.3 is 6.01 Å². The van der Waals surface area contributed by atoms with E-state index < -0.39 is 0 Å². The molecule has 21 heavy (non-hydrogen) atoms. The van der Waals surface area contributed by atoms with Gasteiger partial charge in [0.25, 0.3) is 0 Å². The van der Waals surface area contributed by atoms with E-state index in [0.717, 1.165) is 6.54 Å². The fourth-order valence-corrected chi connectivity index (χ4v) is 1.97. The molecule has 2 aromatic rings. The lowest BCUT2D eigenvalue weighted by Gasteiger charge is -2.12. The van der Waals surface area contributed by atoms with Gasteiger partial charge in [0, 0.05) is 0 Å². The van der Waals surface area contributed by atoms with Crippen LogP contribution in [0.25, 0.3) is 0 Å². The number of nitrogens with zero attached hydrogens (tertiary/aromatic N) is 2. The molecule has 2 N–H and O–H groups in total. The van der Waals surface area contributed by atoms with Gasteiger partial charge in [-0.1, -0.05) is 48.8 Å². The monoisotopic (exact) mass is 288 g/mol. The molecule has 0 amide bonds. The highest BCUT2D eigenvalue weighted by molar-refractivity contribution is 5.30. The van der Waals surface area contributed by atoms with Crippen LogP contribution in [-0.4, -0.2) is 16.7 Å². The highest BCUT2D eigenvalue weighted by atomic mass is 16.4. The summed E-state index contributed by atoms with van der Waals surface area (Å²) in [7, 11) is 0. The predicted octanol–water partition coefficient (Wildman–Crippen LogP) is 3.30. The maximum absolute atomic E-state index is 5.59. The standard InChI is InChI=1S/C16H24N4O/c1-11(2)9-17-10-15-19-20-16(21-15)18-13(4)14-7-5-12(3)6-8-14/h5-8,11,13,17H,9-10H2,1-4H3,(H,18,20). The Balaban J connectivity index is 1.88. The third kappa shape index (κ3) is 4.86. The van der Waals surface area contributed by atoms with Crippen LogP contribution in [-0.2, 0) is 6.54 Å². The molecule has 0 saturated carbocycles. The van der Waals surface area contributed by atoms with Crippen molar-refractivity contribution in [3.63, 3.8) is 0 Å². The van der Waals surface area contributed by atoms with Crippen molar-refractivity contribution in [1.82, 2.24) is 15.5 Å². The lowest BCUT2D eigenvalue weighted by molar-refractivity contribution is 0.456. The molecule has 5 heteroatoms. The summed E-state index contributed by atoms with van der Waals surface area (Å²) in [4.78, 5) is 0. The fourth-order valence-electron chi connectivity index (χ4n) is 1.97. The summed E-state index contributed by atoms with van der Waals surface area (Å²) in [5.41, 5.74) is 2.44. The summed E-state index contributed by atoms with van der Waals surface area (Å²) < 4.78 is 5.59. The Kier molecular flexibility index (Phi) is 5.33. The molecule has 0 aliphatic carbocycles. The van der Waals surface area contributed by atoms with Crippen molar-refractivity contribution in [3.8, 4) is 0 Å². The summed E-state index contributed by atoms with van der Waals surface area (Å²) >= 11 is 0. The summed E-state index contributed by atoms with van der Waals surface area (Å²) in [6, 6.07) is 9.00. The molecular formula is C16H24N4O. The summed E-state index contributed by atoms with van der Waals surface area (Å²) in [5, 5.41) is 14.6. The van der Waals surface area contributed by atoms with Gasteiger partial charge in [-0.2, -0.15) is 0 Å². The second-order valence-electron chi connectivity index (χ2n) is 5.80. The van der Waals surface area contributed by atoms with Crippen LogP contribution < -0.4 is 10.6 Å². The Morgan fingerprint density at radius 1 is 1.10 bits per heavy atom. The highest BCUT2D eigenvalue weighted by Gasteiger charge is 2.10. The third-order valence-corrected chi connectivity index (χ3v) is 3.21. The van der Waals surface area contributed by atoms with Gasteiger partial charge in [-0.15, -0.1) is 5.10 Å². The molecular weight excluding hydrogens is 264 g/mol. The third-order valence-electron chi connectivity index (χ3n) is 3.21. The first kappa shape index (κ1) is 15.5. The first-order valence-electron chi connectivity index (χ1n) is 7.41. The van der Waals surface area contributed by atoms with Crippen LogP contribution in [0, 0.1) is 12.8 Å². The number of rotatable bonds is 7. The first-order valence-corrected chi connectivity index (χ1v) is 7.41. The molecule has 0 aliphatic heterocycles. The van der Waals surface area contributed by atoms with Crippen LogP contribution in [0.4, 0.5) is 6.01 Å². The van der Waals surface area contributed by atoms with Gasteiger partial charge in [0.05, 0.1) is 12.6 Å². The first-order chi connectivity index (χ1) is 10.0. The van der Waals surface area contributed by atoms with Crippen LogP contribution >= 0.6 is 0 Å². The lowest BCUT2D eigenvalue weighted by atomic mass is 10.1.